The van der Waals surface area contributed by atoms with Crippen LogP contribution in [-0.2, 0) is 11.8 Å². The third-order valence-electron chi connectivity index (χ3n) is 0.817. The summed E-state index contributed by atoms with van der Waals surface area (Å²) in [5, 5.41) is 3.06. The molecule has 0 saturated heterocycles. The van der Waals surface area contributed by atoms with Crippen LogP contribution < -0.4 is 5.32 Å². The van der Waals surface area contributed by atoms with E-state index in [1.807, 2.05) is 20.3 Å². The second kappa shape index (κ2) is 3.65. The fourth-order valence-corrected chi connectivity index (χ4v) is 1.22. The summed E-state index contributed by atoms with van der Waals surface area (Å²) >= 11 is 10.2. The highest BCUT2D eigenvalue weighted by molar-refractivity contribution is 8.27. The van der Waals surface area contributed by atoms with Gasteiger partial charge < -0.3 is 5.32 Å². The van der Waals surface area contributed by atoms with Crippen LogP contribution in [-0.4, -0.2) is 24.6 Å². The molecule has 54 valence electrons. The van der Waals surface area contributed by atoms with Gasteiger partial charge in [0.25, 0.3) is 0 Å². The van der Waals surface area contributed by atoms with Crippen LogP contribution in [0.1, 0.15) is 6.92 Å². The van der Waals surface area contributed by atoms with Gasteiger partial charge in [0.05, 0.1) is 0 Å². The SMILES string of the molecule is CCNC(=S)P(C)(C)=S. The van der Waals surface area contributed by atoms with Crippen molar-refractivity contribution in [1.29, 1.82) is 0 Å². The van der Waals surface area contributed by atoms with E-state index in [0.29, 0.717) is 0 Å². The molecule has 0 aliphatic carbocycles. The fourth-order valence-electron chi connectivity index (χ4n) is 0.342. The van der Waals surface area contributed by atoms with Gasteiger partial charge in [-0.05, 0) is 20.3 Å². The molecule has 0 aromatic carbocycles. The number of hydrogen-bond donors (Lipinski definition) is 1. The van der Waals surface area contributed by atoms with Gasteiger partial charge in [0, 0.05) is 12.6 Å². The van der Waals surface area contributed by atoms with Gasteiger partial charge in [0.2, 0.25) is 0 Å². The van der Waals surface area contributed by atoms with E-state index in [-0.39, 0.29) is 0 Å². The van der Waals surface area contributed by atoms with Crippen molar-refractivity contribution >= 4 is 34.8 Å². The number of nitrogens with one attached hydrogen (secondary N) is 1. The zero-order valence-electron chi connectivity index (χ0n) is 5.97. The standard InChI is InChI=1S/C5H12NPS2/c1-4-6-5(8)7(2,3)9/h4H2,1-3H3,(H,6,8). The van der Waals surface area contributed by atoms with Gasteiger partial charge in [0.1, 0.15) is 4.73 Å². The van der Waals surface area contributed by atoms with E-state index in [9.17, 15) is 0 Å². The van der Waals surface area contributed by atoms with Gasteiger partial charge in [-0.2, -0.15) is 0 Å². The smallest absolute Gasteiger partial charge is 0.108 e. The molecule has 0 aromatic rings. The summed E-state index contributed by atoms with van der Waals surface area (Å²) in [5.74, 6) is 0. The maximum absolute atomic E-state index is 5.18. The van der Waals surface area contributed by atoms with Crippen LogP contribution in [0.3, 0.4) is 0 Å². The van der Waals surface area contributed by atoms with E-state index < -0.39 is 6.04 Å². The first-order valence-electron chi connectivity index (χ1n) is 2.82. The van der Waals surface area contributed by atoms with Crippen molar-refractivity contribution in [2.45, 2.75) is 6.92 Å². The van der Waals surface area contributed by atoms with Crippen molar-refractivity contribution in [3.63, 3.8) is 0 Å². The Bertz CT molecular complexity index is 149. The van der Waals surface area contributed by atoms with Crippen molar-refractivity contribution in [2.24, 2.45) is 0 Å². The Morgan fingerprint density at radius 1 is 1.56 bits per heavy atom. The Labute approximate surface area is 67.2 Å². The zero-order chi connectivity index (χ0) is 7.49. The summed E-state index contributed by atoms with van der Waals surface area (Å²) in [6, 6.07) is -1.32. The lowest BCUT2D eigenvalue weighted by molar-refractivity contribution is 0.994. The number of hydrogen-bond acceptors (Lipinski definition) is 2. The molecular formula is C5H12NPS2. The minimum Gasteiger partial charge on any atom is -0.376 e. The first-order valence-corrected chi connectivity index (χ1v) is 6.92. The van der Waals surface area contributed by atoms with Crippen LogP contribution in [0.25, 0.3) is 0 Å². The van der Waals surface area contributed by atoms with Crippen molar-refractivity contribution < 1.29 is 0 Å². The molecule has 0 bridgehead atoms. The maximum Gasteiger partial charge on any atom is 0.108 e. The summed E-state index contributed by atoms with van der Waals surface area (Å²) in [5.41, 5.74) is 0. The third-order valence-corrected chi connectivity index (χ3v) is 4.36. The molecule has 4 heteroatoms. The van der Waals surface area contributed by atoms with Gasteiger partial charge in [-0.1, -0.05) is 24.0 Å². The van der Waals surface area contributed by atoms with Crippen LogP contribution in [0.2, 0.25) is 0 Å². The topological polar surface area (TPSA) is 12.0 Å². The molecule has 0 spiro atoms. The Morgan fingerprint density at radius 3 is 2.11 bits per heavy atom. The molecule has 0 aromatic heterocycles. The lowest BCUT2D eigenvalue weighted by atomic mass is 10.8. The second-order valence-corrected chi connectivity index (χ2v) is 8.78. The van der Waals surface area contributed by atoms with Crippen LogP contribution in [0.5, 0.6) is 0 Å². The predicted molar refractivity (Wildman–Crippen MR) is 52.4 cm³/mol. The average molecular weight is 181 g/mol. The first-order chi connectivity index (χ1) is 3.98. The summed E-state index contributed by atoms with van der Waals surface area (Å²) in [7, 11) is 0. The van der Waals surface area contributed by atoms with E-state index in [0.717, 1.165) is 11.3 Å². The van der Waals surface area contributed by atoms with Crippen LogP contribution in [0, 0.1) is 0 Å². The minimum atomic E-state index is -1.32. The molecule has 0 atom stereocenters. The Hall–Kier alpha value is 0.540. The molecule has 0 aliphatic heterocycles. The summed E-state index contributed by atoms with van der Waals surface area (Å²) < 4.78 is 0.875. The van der Waals surface area contributed by atoms with Gasteiger partial charge in [-0.3, -0.25) is 0 Å². The first kappa shape index (κ1) is 9.54. The van der Waals surface area contributed by atoms with Crippen molar-refractivity contribution in [3.05, 3.63) is 0 Å². The lowest BCUT2D eigenvalue weighted by Gasteiger charge is -2.11. The quantitative estimate of drug-likeness (QED) is 0.513. The largest absolute Gasteiger partial charge is 0.376 e. The van der Waals surface area contributed by atoms with E-state index in [2.05, 4.69) is 5.32 Å². The van der Waals surface area contributed by atoms with Crippen molar-refractivity contribution in [2.75, 3.05) is 19.9 Å². The van der Waals surface area contributed by atoms with E-state index in [1.54, 1.807) is 0 Å². The van der Waals surface area contributed by atoms with Crippen molar-refractivity contribution in [3.8, 4) is 0 Å². The molecule has 0 radical (unpaired) electrons. The summed E-state index contributed by atoms with van der Waals surface area (Å²) in [6.07, 6.45) is 0. The molecule has 0 rings (SSSR count). The third kappa shape index (κ3) is 4.01. The van der Waals surface area contributed by atoms with Crippen LogP contribution in [0.15, 0.2) is 0 Å². The highest BCUT2D eigenvalue weighted by Crippen LogP contribution is 2.36. The highest BCUT2D eigenvalue weighted by atomic mass is 32.4. The van der Waals surface area contributed by atoms with E-state index in [4.69, 9.17) is 24.0 Å². The second-order valence-electron chi connectivity index (χ2n) is 2.19. The highest BCUT2D eigenvalue weighted by Gasteiger charge is 2.06. The van der Waals surface area contributed by atoms with Gasteiger partial charge in [0.15, 0.2) is 0 Å². The summed E-state index contributed by atoms with van der Waals surface area (Å²) in [6.45, 7) is 6.98. The Kier molecular flexibility index (Phi) is 3.86. The van der Waals surface area contributed by atoms with Gasteiger partial charge in [-0.15, -0.1) is 0 Å². The molecule has 1 nitrogen and oxygen atoms in total. The monoisotopic (exact) mass is 181 g/mol. The molecule has 0 heterocycles. The van der Waals surface area contributed by atoms with Crippen molar-refractivity contribution in [1.82, 2.24) is 5.32 Å². The Morgan fingerprint density at radius 2 is 2.00 bits per heavy atom. The van der Waals surface area contributed by atoms with Crippen LogP contribution >= 0.6 is 18.3 Å². The Balaban J connectivity index is 3.90. The molecular weight excluding hydrogens is 169 g/mol. The summed E-state index contributed by atoms with van der Waals surface area (Å²) in [4.78, 5) is 0. The molecule has 0 aliphatic rings. The van der Waals surface area contributed by atoms with E-state index in [1.165, 1.54) is 0 Å². The molecule has 9 heavy (non-hydrogen) atoms. The molecule has 1 N–H and O–H groups in total. The molecule has 0 saturated carbocycles. The molecule has 0 unspecified atom stereocenters. The normalized spacial score (nSPS) is 11.0. The molecule has 0 fully saturated rings. The zero-order valence-corrected chi connectivity index (χ0v) is 8.50. The number of thiocarbonyl (C=S) groups is 1. The maximum atomic E-state index is 5.18. The fraction of sp³-hybridized carbons (Fsp3) is 0.800. The predicted octanol–water partition coefficient (Wildman–Crippen LogP) is 1.62. The lowest BCUT2D eigenvalue weighted by Crippen LogP contribution is -2.19. The molecule has 0 amide bonds. The van der Waals surface area contributed by atoms with Gasteiger partial charge >= 0.3 is 0 Å². The average Bonchev–Trinajstić information content (AvgIpc) is 1.64. The van der Waals surface area contributed by atoms with Gasteiger partial charge in [-0.25, -0.2) is 0 Å². The minimum absolute atomic E-state index is 0.875. The number of rotatable bonds is 2. The van der Waals surface area contributed by atoms with E-state index >= 15 is 0 Å². The van der Waals surface area contributed by atoms with Crippen LogP contribution in [0.4, 0.5) is 0 Å².